The zero-order chi connectivity index (χ0) is 17.4. The monoisotopic (exact) mass is 335 g/mol. The molecule has 1 aromatic carbocycles. The molecule has 5 heteroatoms. The Balaban J connectivity index is 1.60. The molecule has 0 amide bonds. The van der Waals surface area contributed by atoms with Crippen molar-refractivity contribution in [3.63, 3.8) is 0 Å². The molecule has 3 heterocycles. The van der Waals surface area contributed by atoms with E-state index in [0.29, 0.717) is 18.2 Å². The van der Waals surface area contributed by atoms with Crippen molar-refractivity contribution in [1.29, 1.82) is 0 Å². The summed E-state index contributed by atoms with van der Waals surface area (Å²) in [5, 5.41) is 0. The van der Waals surface area contributed by atoms with Gasteiger partial charge in [0.15, 0.2) is 0 Å². The number of benzene rings is 1. The number of aryl methyl sites for hydroxylation is 1. The lowest BCUT2D eigenvalue weighted by Crippen LogP contribution is -2.40. The van der Waals surface area contributed by atoms with Crippen LogP contribution in [-0.4, -0.2) is 27.9 Å². The first kappa shape index (κ1) is 15.8. The molecule has 1 atom stereocenters. The van der Waals surface area contributed by atoms with Gasteiger partial charge >= 0.3 is 0 Å². The maximum atomic E-state index is 12.4. The second-order valence-electron chi connectivity index (χ2n) is 6.50. The standard InChI is InChI=1S/C20H21N3O2/c1-14-5-3-8-19-21-16(12-20(24)23(14)19)13-22-10-9-18(22)15-6-4-7-17(11-15)25-2/h3-8,11-12,18H,9-10,13H2,1-2H3/t18-/m0/s1. The Morgan fingerprint density at radius 2 is 2.04 bits per heavy atom. The third-order valence-corrected chi connectivity index (χ3v) is 4.91. The van der Waals surface area contributed by atoms with Crippen LogP contribution < -0.4 is 10.3 Å². The summed E-state index contributed by atoms with van der Waals surface area (Å²) in [4.78, 5) is 19.5. The molecule has 2 aromatic heterocycles. The molecule has 0 unspecified atom stereocenters. The van der Waals surface area contributed by atoms with Gasteiger partial charge in [-0.2, -0.15) is 0 Å². The van der Waals surface area contributed by atoms with E-state index in [-0.39, 0.29) is 5.56 Å². The van der Waals surface area contributed by atoms with Crippen LogP contribution in [0.25, 0.3) is 5.65 Å². The molecule has 1 aliphatic rings. The fraction of sp³-hybridized carbons (Fsp3) is 0.300. The highest BCUT2D eigenvalue weighted by Crippen LogP contribution is 2.35. The fourth-order valence-electron chi connectivity index (χ4n) is 3.51. The smallest absolute Gasteiger partial charge is 0.258 e. The Kier molecular flexibility index (Phi) is 4.01. The maximum absolute atomic E-state index is 12.4. The molecule has 0 radical (unpaired) electrons. The molecule has 1 fully saturated rings. The van der Waals surface area contributed by atoms with Gasteiger partial charge in [0, 0.05) is 30.9 Å². The van der Waals surface area contributed by atoms with Crippen LogP contribution in [0, 0.1) is 6.92 Å². The predicted octanol–water partition coefficient (Wildman–Crippen LogP) is 2.96. The highest BCUT2D eigenvalue weighted by molar-refractivity contribution is 5.40. The number of hydrogen-bond acceptors (Lipinski definition) is 4. The molecule has 0 bridgehead atoms. The van der Waals surface area contributed by atoms with E-state index in [1.165, 1.54) is 5.56 Å². The van der Waals surface area contributed by atoms with E-state index >= 15 is 0 Å². The minimum atomic E-state index is -0.0171. The number of pyridine rings is 1. The van der Waals surface area contributed by atoms with Crippen molar-refractivity contribution >= 4 is 5.65 Å². The molecule has 3 aromatic rings. The van der Waals surface area contributed by atoms with E-state index in [1.54, 1.807) is 17.6 Å². The summed E-state index contributed by atoms with van der Waals surface area (Å²) in [6, 6.07) is 15.9. The van der Waals surface area contributed by atoms with Crippen molar-refractivity contribution in [2.45, 2.75) is 25.9 Å². The van der Waals surface area contributed by atoms with E-state index in [9.17, 15) is 4.79 Å². The molecule has 4 rings (SSSR count). The van der Waals surface area contributed by atoms with Crippen LogP contribution in [0.3, 0.4) is 0 Å². The van der Waals surface area contributed by atoms with Crippen molar-refractivity contribution in [2.75, 3.05) is 13.7 Å². The molecule has 1 aliphatic heterocycles. The number of hydrogen-bond donors (Lipinski definition) is 0. The van der Waals surface area contributed by atoms with Gasteiger partial charge in [-0.3, -0.25) is 14.1 Å². The van der Waals surface area contributed by atoms with Gasteiger partial charge < -0.3 is 4.74 Å². The van der Waals surface area contributed by atoms with E-state index in [2.05, 4.69) is 22.0 Å². The molecular weight excluding hydrogens is 314 g/mol. The first-order chi connectivity index (χ1) is 12.2. The normalized spacial score (nSPS) is 17.4. The number of aromatic nitrogens is 2. The Bertz CT molecular complexity index is 980. The van der Waals surface area contributed by atoms with Crippen LogP contribution in [0.15, 0.2) is 53.3 Å². The zero-order valence-electron chi connectivity index (χ0n) is 14.5. The first-order valence-corrected chi connectivity index (χ1v) is 8.52. The van der Waals surface area contributed by atoms with Gasteiger partial charge in [-0.25, -0.2) is 4.98 Å². The van der Waals surface area contributed by atoms with Gasteiger partial charge in [-0.1, -0.05) is 18.2 Å². The minimum Gasteiger partial charge on any atom is -0.497 e. The molecule has 25 heavy (non-hydrogen) atoms. The predicted molar refractivity (Wildman–Crippen MR) is 97.0 cm³/mol. The SMILES string of the molecule is COc1cccc([C@@H]2CCN2Cc2cc(=O)n3c(C)cccc3n2)c1. The van der Waals surface area contributed by atoms with E-state index in [4.69, 9.17) is 4.74 Å². The van der Waals surface area contributed by atoms with Crippen molar-refractivity contribution in [3.05, 3.63) is 75.8 Å². The van der Waals surface area contributed by atoms with Crippen molar-refractivity contribution in [1.82, 2.24) is 14.3 Å². The fourth-order valence-corrected chi connectivity index (χ4v) is 3.51. The van der Waals surface area contributed by atoms with Gasteiger partial charge in [0.25, 0.3) is 5.56 Å². The van der Waals surface area contributed by atoms with Crippen LogP contribution in [0.4, 0.5) is 0 Å². The summed E-state index contributed by atoms with van der Waals surface area (Å²) in [7, 11) is 1.69. The number of ether oxygens (including phenoxy) is 1. The third kappa shape index (κ3) is 2.91. The van der Waals surface area contributed by atoms with Crippen molar-refractivity contribution in [2.24, 2.45) is 0 Å². The molecule has 0 saturated carbocycles. The van der Waals surface area contributed by atoms with Crippen LogP contribution in [0.5, 0.6) is 5.75 Å². The molecule has 128 valence electrons. The zero-order valence-corrected chi connectivity index (χ0v) is 14.5. The topological polar surface area (TPSA) is 46.8 Å². The van der Waals surface area contributed by atoms with Crippen LogP contribution in [0.1, 0.15) is 29.4 Å². The maximum Gasteiger partial charge on any atom is 0.258 e. The molecule has 5 nitrogen and oxygen atoms in total. The molecule has 0 N–H and O–H groups in total. The van der Waals surface area contributed by atoms with E-state index in [0.717, 1.165) is 30.1 Å². The summed E-state index contributed by atoms with van der Waals surface area (Å²) in [5.41, 5.74) is 3.67. The van der Waals surface area contributed by atoms with Gasteiger partial charge in [-0.15, -0.1) is 0 Å². The first-order valence-electron chi connectivity index (χ1n) is 8.52. The van der Waals surface area contributed by atoms with Gasteiger partial charge in [-0.05, 0) is 43.2 Å². The van der Waals surface area contributed by atoms with Crippen LogP contribution >= 0.6 is 0 Å². The number of methoxy groups -OCH3 is 1. The number of likely N-dealkylation sites (tertiary alicyclic amines) is 1. The lowest BCUT2D eigenvalue weighted by atomic mass is 9.94. The summed E-state index contributed by atoms with van der Waals surface area (Å²) in [5.74, 6) is 0.877. The highest BCUT2D eigenvalue weighted by atomic mass is 16.5. The van der Waals surface area contributed by atoms with E-state index < -0.39 is 0 Å². The minimum absolute atomic E-state index is 0.0171. The molecular formula is C20H21N3O2. The lowest BCUT2D eigenvalue weighted by Gasteiger charge is -2.41. The summed E-state index contributed by atoms with van der Waals surface area (Å²) < 4.78 is 6.98. The number of rotatable bonds is 4. The van der Waals surface area contributed by atoms with E-state index in [1.807, 2.05) is 37.3 Å². The summed E-state index contributed by atoms with van der Waals surface area (Å²) >= 11 is 0. The summed E-state index contributed by atoms with van der Waals surface area (Å²) in [6.07, 6.45) is 1.11. The Morgan fingerprint density at radius 1 is 1.20 bits per heavy atom. The number of nitrogens with zero attached hydrogens (tertiary/aromatic N) is 3. The van der Waals surface area contributed by atoms with Gasteiger partial charge in [0.2, 0.25) is 0 Å². The number of fused-ring (bicyclic) bond motifs is 1. The largest absolute Gasteiger partial charge is 0.497 e. The lowest BCUT2D eigenvalue weighted by molar-refractivity contribution is 0.0802. The average Bonchev–Trinajstić information content (AvgIpc) is 2.59. The Hall–Kier alpha value is -2.66. The third-order valence-electron chi connectivity index (χ3n) is 4.91. The van der Waals surface area contributed by atoms with Crippen molar-refractivity contribution < 1.29 is 4.74 Å². The second-order valence-corrected chi connectivity index (χ2v) is 6.50. The Labute approximate surface area is 146 Å². The van der Waals surface area contributed by atoms with Gasteiger partial charge in [0.1, 0.15) is 11.4 Å². The molecule has 0 aliphatic carbocycles. The van der Waals surface area contributed by atoms with Crippen LogP contribution in [-0.2, 0) is 6.54 Å². The molecule has 1 saturated heterocycles. The Morgan fingerprint density at radius 3 is 2.80 bits per heavy atom. The molecule has 0 spiro atoms. The second kappa shape index (κ2) is 6.33. The average molecular weight is 335 g/mol. The van der Waals surface area contributed by atoms with Crippen molar-refractivity contribution in [3.8, 4) is 5.75 Å². The van der Waals surface area contributed by atoms with Crippen LogP contribution in [0.2, 0.25) is 0 Å². The highest BCUT2D eigenvalue weighted by Gasteiger charge is 2.30. The summed E-state index contributed by atoms with van der Waals surface area (Å²) in [6.45, 7) is 3.61. The quantitative estimate of drug-likeness (QED) is 0.735. The van der Waals surface area contributed by atoms with Gasteiger partial charge in [0.05, 0.1) is 12.8 Å².